The first-order valence-electron chi connectivity index (χ1n) is 9.67. The van der Waals surface area contributed by atoms with Crippen LogP contribution in [-0.4, -0.2) is 33.2 Å². The van der Waals surface area contributed by atoms with E-state index < -0.39 is 11.8 Å². The lowest BCUT2D eigenvalue weighted by molar-refractivity contribution is 0.0665. The number of imide groups is 1. The fraction of sp³-hybridized carbons (Fsp3) is 0.0400. The topological polar surface area (TPSA) is 63.2 Å². The number of rotatable bonds is 6. The van der Waals surface area contributed by atoms with Crippen LogP contribution in [0.5, 0.6) is 0 Å². The van der Waals surface area contributed by atoms with E-state index in [1.165, 1.54) is 0 Å². The number of fused-ring (bicyclic) bond motifs is 1. The van der Waals surface area contributed by atoms with E-state index >= 15 is 0 Å². The summed E-state index contributed by atoms with van der Waals surface area (Å²) >= 11 is 12.1. The van der Waals surface area contributed by atoms with E-state index in [0.29, 0.717) is 38.1 Å². The maximum absolute atomic E-state index is 13.1. The van der Waals surface area contributed by atoms with E-state index in [4.69, 9.17) is 23.2 Å². The molecule has 0 spiro atoms. The second-order valence-corrected chi connectivity index (χ2v) is 7.88. The van der Waals surface area contributed by atoms with Crippen LogP contribution < -0.4 is 0 Å². The van der Waals surface area contributed by atoms with Crippen molar-refractivity contribution in [2.24, 2.45) is 0 Å². The van der Waals surface area contributed by atoms with Gasteiger partial charge in [-0.15, -0.1) is 0 Å². The Kier molecular flexibility index (Phi) is 6.04. The lowest BCUT2D eigenvalue weighted by atomic mass is 10.0. The standard InChI is InChI=1S/C25H17Cl2N3O2/c1-3-5-15(4-2)14-30-24(31)22-23(25(30)32)29-21(17-8-12-19(27)13-9-17)20(28-22)16-6-10-18(26)11-7-16/h3-13H,1-2,14H2/b15-5+. The molecule has 2 heterocycles. The normalized spacial score (nSPS) is 13.3. The number of hydrogen-bond donors (Lipinski definition) is 0. The highest BCUT2D eigenvalue weighted by Crippen LogP contribution is 2.34. The molecule has 5 nitrogen and oxygen atoms in total. The van der Waals surface area contributed by atoms with E-state index in [1.807, 2.05) is 0 Å². The fourth-order valence-corrected chi connectivity index (χ4v) is 3.61. The van der Waals surface area contributed by atoms with E-state index in [9.17, 15) is 9.59 Å². The highest BCUT2D eigenvalue weighted by atomic mass is 35.5. The number of carbonyl (C=O) groups is 2. The van der Waals surface area contributed by atoms with Crippen molar-refractivity contribution in [2.75, 3.05) is 6.54 Å². The first-order valence-corrected chi connectivity index (χ1v) is 10.4. The molecule has 0 atom stereocenters. The van der Waals surface area contributed by atoms with Crippen LogP contribution >= 0.6 is 23.2 Å². The molecule has 1 aliphatic rings. The zero-order valence-corrected chi connectivity index (χ0v) is 18.4. The molecule has 7 heteroatoms. The van der Waals surface area contributed by atoms with Crippen LogP contribution in [0.15, 0.2) is 85.5 Å². The number of carbonyl (C=O) groups excluding carboxylic acids is 2. The Balaban J connectivity index is 1.87. The van der Waals surface area contributed by atoms with Gasteiger partial charge in [0.1, 0.15) is 0 Å². The van der Waals surface area contributed by atoms with Crippen LogP contribution in [0.25, 0.3) is 22.5 Å². The van der Waals surface area contributed by atoms with Crippen molar-refractivity contribution in [3.8, 4) is 22.5 Å². The van der Waals surface area contributed by atoms with Gasteiger partial charge in [-0.2, -0.15) is 0 Å². The number of halogens is 2. The lowest BCUT2D eigenvalue weighted by Crippen LogP contribution is -2.31. The summed E-state index contributed by atoms with van der Waals surface area (Å²) in [6, 6.07) is 14.1. The van der Waals surface area contributed by atoms with Gasteiger partial charge < -0.3 is 0 Å². The molecule has 0 saturated carbocycles. The van der Waals surface area contributed by atoms with Gasteiger partial charge in [-0.05, 0) is 29.8 Å². The van der Waals surface area contributed by atoms with Gasteiger partial charge in [0.15, 0.2) is 11.4 Å². The second-order valence-electron chi connectivity index (χ2n) is 7.01. The lowest BCUT2D eigenvalue weighted by Gasteiger charge is -2.13. The number of hydrogen-bond acceptors (Lipinski definition) is 4. The predicted molar refractivity (Wildman–Crippen MR) is 127 cm³/mol. The molecule has 158 valence electrons. The van der Waals surface area contributed by atoms with Gasteiger partial charge in [0, 0.05) is 21.2 Å². The van der Waals surface area contributed by atoms with Crippen molar-refractivity contribution in [3.63, 3.8) is 0 Å². The van der Waals surface area contributed by atoms with Crippen LogP contribution in [0.3, 0.4) is 0 Å². The third-order valence-corrected chi connectivity index (χ3v) is 5.47. The van der Waals surface area contributed by atoms with Gasteiger partial charge in [-0.1, -0.05) is 78.9 Å². The van der Waals surface area contributed by atoms with Crippen molar-refractivity contribution in [1.29, 1.82) is 0 Å². The summed E-state index contributed by atoms with van der Waals surface area (Å²) in [7, 11) is 0. The molecular weight excluding hydrogens is 445 g/mol. The number of aromatic nitrogens is 2. The van der Waals surface area contributed by atoms with E-state index in [2.05, 4.69) is 23.1 Å². The molecule has 0 saturated heterocycles. The molecule has 0 radical (unpaired) electrons. The first-order chi connectivity index (χ1) is 15.4. The average Bonchev–Trinajstić information content (AvgIpc) is 3.03. The van der Waals surface area contributed by atoms with Crippen LogP contribution in [0.2, 0.25) is 10.0 Å². The third kappa shape index (κ3) is 4.00. The molecule has 2 aromatic carbocycles. The molecule has 1 aliphatic heterocycles. The Labute approximate surface area is 195 Å². The van der Waals surface area contributed by atoms with Gasteiger partial charge in [0.2, 0.25) is 0 Å². The molecule has 0 bridgehead atoms. The van der Waals surface area contributed by atoms with Crippen molar-refractivity contribution in [3.05, 3.63) is 107 Å². The van der Waals surface area contributed by atoms with E-state index in [-0.39, 0.29) is 17.9 Å². The zero-order chi connectivity index (χ0) is 22.8. The van der Waals surface area contributed by atoms with Crippen molar-refractivity contribution >= 4 is 35.0 Å². The Morgan fingerprint density at radius 2 is 1.22 bits per heavy atom. The summed E-state index contributed by atoms with van der Waals surface area (Å²) in [5, 5.41) is 1.14. The molecule has 0 fully saturated rings. The Morgan fingerprint density at radius 1 is 0.781 bits per heavy atom. The first kappa shape index (κ1) is 21.7. The maximum Gasteiger partial charge on any atom is 0.282 e. The van der Waals surface area contributed by atoms with E-state index in [1.54, 1.807) is 66.8 Å². The molecule has 0 aliphatic carbocycles. The molecule has 0 N–H and O–H groups in total. The number of benzene rings is 2. The molecule has 32 heavy (non-hydrogen) atoms. The molecular formula is C25H17Cl2N3O2. The summed E-state index contributed by atoms with van der Waals surface area (Å²) < 4.78 is 0. The van der Waals surface area contributed by atoms with E-state index in [0.717, 1.165) is 4.90 Å². The Hall–Kier alpha value is -3.54. The summed E-state index contributed by atoms with van der Waals surface area (Å²) in [5.74, 6) is -1.01. The van der Waals surface area contributed by atoms with Gasteiger partial charge in [-0.3, -0.25) is 14.5 Å². The second kappa shape index (κ2) is 8.91. The van der Waals surface area contributed by atoms with Crippen molar-refractivity contribution in [2.45, 2.75) is 0 Å². The molecule has 2 amide bonds. The zero-order valence-electron chi connectivity index (χ0n) is 16.9. The minimum absolute atomic E-state index is 0.0136. The largest absolute Gasteiger partial charge is 0.282 e. The SMILES string of the molecule is C=C/C=C(\C=C)CN1C(=O)c2nc(-c3ccc(Cl)cc3)c(-c3ccc(Cl)cc3)nc2C1=O. The van der Waals surface area contributed by atoms with Gasteiger partial charge >= 0.3 is 0 Å². The highest BCUT2D eigenvalue weighted by molar-refractivity contribution is 6.31. The average molecular weight is 462 g/mol. The summed E-state index contributed by atoms with van der Waals surface area (Å²) in [4.78, 5) is 36.4. The minimum Gasteiger partial charge on any atom is -0.267 e. The van der Waals surface area contributed by atoms with Gasteiger partial charge in [-0.25, -0.2) is 9.97 Å². The van der Waals surface area contributed by atoms with Crippen molar-refractivity contribution < 1.29 is 9.59 Å². The van der Waals surface area contributed by atoms with Crippen molar-refractivity contribution in [1.82, 2.24) is 14.9 Å². The summed E-state index contributed by atoms with van der Waals surface area (Å²) in [6.07, 6.45) is 4.84. The molecule has 0 unspecified atom stereocenters. The van der Waals surface area contributed by atoms with Crippen LogP contribution in [-0.2, 0) is 0 Å². The maximum atomic E-state index is 13.1. The third-order valence-electron chi connectivity index (χ3n) is 4.96. The monoisotopic (exact) mass is 461 g/mol. The highest BCUT2D eigenvalue weighted by Gasteiger charge is 2.39. The van der Waals surface area contributed by atoms with Crippen LogP contribution in [0.4, 0.5) is 0 Å². The molecule has 4 rings (SSSR count). The van der Waals surface area contributed by atoms with Crippen LogP contribution in [0, 0.1) is 0 Å². The fourth-order valence-electron chi connectivity index (χ4n) is 3.36. The van der Waals surface area contributed by atoms with Gasteiger partial charge in [0.05, 0.1) is 17.9 Å². The number of allylic oxidation sites excluding steroid dienone is 2. The summed E-state index contributed by atoms with van der Waals surface area (Å²) in [5.41, 5.74) is 3.07. The molecule has 3 aromatic rings. The number of amides is 2. The Bertz CT molecular complexity index is 1200. The summed E-state index contributed by atoms with van der Waals surface area (Å²) in [6.45, 7) is 7.43. The number of nitrogens with zero attached hydrogens (tertiary/aromatic N) is 3. The predicted octanol–water partition coefficient (Wildman–Crippen LogP) is 6.01. The smallest absolute Gasteiger partial charge is 0.267 e. The Morgan fingerprint density at radius 3 is 1.59 bits per heavy atom. The molecule has 1 aromatic heterocycles. The minimum atomic E-state index is -0.507. The quantitative estimate of drug-likeness (QED) is 0.332. The van der Waals surface area contributed by atoms with Gasteiger partial charge in [0.25, 0.3) is 11.8 Å². The van der Waals surface area contributed by atoms with Crippen LogP contribution in [0.1, 0.15) is 21.0 Å².